The average molecular weight is 349 g/mol. The van der Waals surface area contributed by atoms with E-state index in [-0.39, 0.29) is 35.6 Å². The molecule has 1 fully saturated rings. The molecule has 1 aromatic heterocycles. The Balaban J connectivity index is 1.86. The molecule has 1 amide bonds. The van der Waals surface area contributed by atoms with Crippen molar-refractivity contribution in [3.8, 4) is 0 Å². The van der Waals surface area contributed by atoms with Gasteiger partial charge in [-0.25, -0.2) is 13.1 Å². The lowest BCUT2D eigenvalue weighted by Gasteiger charge is -2.23. The van der Waals surface area contributed by atoms with E-state index in [0.717, 1.165) is 10.1 Å². The highest BCUT2D eigenvalue weighted by atomic mass is 32.2. The second kappa shape index (κ2) is 6.01. The molecule has 128 valence electrons. The molecule has 1 aliphatic heterocycles. The normalized spacial score (nSPS) is 19.5. The molecule has 0 radical (unpaired) electrons. The van der Waals surface area contributed by atoms with Crippen LogP contribution in [0.3, 0.4) is 0 Å². The van der Waals surface area contributed by atoms with Gasteiger partial charge in [-0.1, -0.05) is 18.2 Å². The number of fused-ring (bicyclic) bond motifs is 1. The Hall–Kier alpha value is -2.22. The van der Waals surface area contributed by atoms with Crippen LogP contribution < -0.4 is 5.56 Å². The summed E-state index contributed by atoms with van der Waals surface area (Å²) in [6.45, 7) is 1.59. The quantitative estimate of drug-likeness (QED) is 0.798. The predicted octanol–water partition coefficient (Wildman–Crippen LogP) is 0.350. The van der Waals surface area contributed by atoms with E-state index in [2.05, 4.69) is 5.10 Å². The van der Waals surface area contributed by atoms with E-state index in [4.69, 9.17) is 0 Å². The zero-order valence-electron chi connectivity index (χ0n) is 13.6. The van der Waals surface area contributed by atoms with Gasteiger partial charge < -0.3 is 4.90 Å². The van der Waals surface area contributed by atoms with Crippen LogP contribution >= 0.6 is 0 Å². The van der Waals surface area contributed by atoms with Crippen LogP contribution in [0.2, 0.25) is 0 Å². The van der Waals surface area contributed by atoms with Crippen molar-refractivity contribution in [2.24, 2.45) is 0 Å². The molecule has 8 heteroatoms. The average Bonchev–Trinajstić information content (AvgIpc) is 2.91. The summed E-state index contributed by atoms with van der Waals surface area (Å²) in [5.41, 5.74) is 0.348. The van der Waals surface area contributed by atoms with Crippen LogP contribution in [0.25, 0.3) is 10.8 Å². The molecule has 2 aromatic rings. The molecule has 1 atom stereocenters. The first-order valence-corrected chi connectivity index (χ1v) is 9.53. The highest BCUT2D eigenvalue weighted by Crippen LogP contribution is 2.17. The number of hydrogen-bond donors (Lipinski definition) is 0. The summed E-state index contributed by atoms with van der Waals surface area (Å²) in [7, 11) is -1.49. The van der Waals surface area contributed by atoms with Crippen molar-refractivity contribution in [2.75, 3.05) is 18.6 Å². The Morgan fingerprint density at radius 2 is 2.00 bits per heavy atom. The van der Waals surface area contributed by atoms with Crippen LogP contribution in [0.5, 0.6) is 0 Å². The Labute approximate surface area is 139 Å². The molecule has 2 heterocycles. The monoisotopic (exact) mass is 349 g/mol. The van der Waals surface area contributed by atoms with Gasteiger partial charge in [0.05, 0.1) is 22.6 Å². The van der Waals surface area contributed by atoms with E-state index in [1.54, 1.807) is 26.1 Å². The molecular formula is C16H19N3O4S. The van der Waals surface area contributed by atoms with E-state index in [9.17, 15) is 18.0 Å². The lowest BCUT2D eigenvalue weighted by Crippen LogP contribution is -2.41. The number of carbonyl (C=O) groups is 1. The Bertz CT molecular complexity index is 965. The molecular weight excluding hydrogens is 330 g/mol. The van der Waals surface area contributed by atoms with Gasteiger partial charge in [0.15, 0.2) is 9.84 Å². The number of nitrogens with zero attached hydrogens (tertiary/aromatic N) is 3. The van der Waals surface area contributed by atoms with Crippen LogP contribution in [0, 0.1) is 6.92 Å². The number of amides is 1. The van der Waals surface area contributed by atoms with Gasteiger partial charge in [-0.3, -0.25) is 9.59 Å². The number of aromatic nitrogens is 2. The number of benzene rings is 1. The first kappa shape index (κ1) is 16.6. The topological polar surface area (TPSA) is 89.3 Å². The van der Waals surface area contributed by atoms with Gasteiger partial charge in [0.25, 0.3) is 5.56 Å². The van der Waals surface area contributed by atoms with Gasteiger partial charge in [0.2, 0.25) is 5.91 Å². The third-order valence-electron chi connectivity index (χ3n) is 4.49. The fourth-order valence-corrected chi connectivity index (χ4v) is 4.81. The highest BCUT2D eigenvalue weighted by molar-refractivity contribution is 7.91. The second-order valence-corrected chi connectivity index (χ2v) is 8.38. The lowest BCUT2D eigenvalue weighted by atomic mass is 10.1. The molecule has 1 saturated heterocycles. The van der Waals surface area contributed by atoms with Gasteiger partial charge >= 0.3 is 0 Å². The first-order valence-electron chi connectivity index (χ1n) is 7.71. The highest BCUT2D eigenvalue weighted by Gasteiger charge is 2.32. The lowest BCUT2D eigenvalue weighted by molar-refractivity contribution is -0.132. The smallest absolute Gasteiger partial charge is 0.275 e. The molecule has 24 heavy (non-hydrogen) atoms. The summed E-state index contributed by atoms with van der Waals surface area (Å²) in [6.07, 6.45) is 0.434. The number of carbonyl (C=O) groups excluding carboxylic acids is 1. The van der Waals surface area contributed by atoms with Crippen LogP contribution in [-0.2, 0) is 21.2 Å². The van der Waals surface area contributed by atoms with Crippen molar-refractivity contribution in [1.82, 2.24) is 14.7 Å². The van der Waals surface area contributed by atoms with E-state index >= 15 is 0 Å². The number of hydrogen-bond acceptors (Lipinski definition) is 5. The molecule has 0 bridgehead atoms. The van der Waals surface area contributed by atoms with Gasteiger partial charge in [-0.15, -0.1) is 0 Å². The van der Waals surface area contributed by atoms with Crippen molar-refractivity contribution < 1.29 is 13.2 Å². The summed E-state index contributed by atoms with van der Waals surface area (Å²) in [4.78, 5) is 26.4. The van der Waals surface area contributed by atoms with Gasteiger partial charge in [-0.2, -0.15) is 5.10 Å². The van der Waals surface area contributed by atoms with E-state index in [1.165, 1.54) is 4.90 Å². The summed E-state index contributed by atoms with van der Waals surface area (Å²) >= 11 is 0. The Morgan fingerprint density at radius 1 is 1.33 bits per heavy atom. The minimum Gasteiger partial charge on any atom is -0.340 e. The SMILES string of the molecule is Cc1nn(CC(=O)N(C)[C@H]2CCS(=O)(=O)C2)c(=O)c2ccccc12. The fourth-order valence-electron chi connectivity index (χ4n) is 3.04. The third-order valence-corrected chi connectivity index (χ3v) is 6.24. The van der Waals surface area contributed by atoms with E-state index < -0.39 is 9.84 Å². The maximum atomic E-state index is 12.5. The molecule has 0 N–H and O–H groups in total. The number of sulfone groups is 1. The van der Waals surface area contributed by atoms with Gasteiger partial charge in [0.1, 0.15) is 6.54 Å². The van der Waals surface area contributed by atoms with Crippen molar-refractivity contribution >= 4 is 26.5 Å². The minimum absolute atomic E-state index is 0.0195. The molecule has 1 aliphatic rings. The zero-order valence-corrected chi connectivity index (χ0v) is 14.4. The third kappa shape index (κ3) is 3.06. The van der Waals surface area contributed by atoms with Crippen molar-refractivity contribution in [2.45, 2.75) is 25.9 Å². The fraction of sp³-hybridized carbons (Fsp3) is 0.438. The number of likely N-dealkylation sites (N-methyl/N-ethyl adjacent to an activating group) is 1. The van der Waals surface area contributed by atoms with Crippen molar-refractivity contribution in [1.29, 1.82) is 0 Å². The summed E-state index contributed by atoms with van der Waals surface area (Å²) < 4.78 is 24.3. The second-order valence-electron chi connectivity index (χ2n) is 6.16. The molecule has 1 aromatic carbocycles. The first-order chi connectivity index (χ1) is 11.3. The van der Waals surface area contributed by atoms with Crippen LogP contribution in [0.1, 0.15) is 12.1 Å². The molecule has 0 saturated carbocycles. The van der Waals surface area contributed by atoms with Crippen molar-refractivity contribution in [3.63, 3.8) is 0 Å². The molecule has 7 nitrogen and oxygen atoms in total. The molecule has 0 unspecified atom stereocenters. The van der Waals surface area contributed by atoms with E-state index in [1.807, 2.05) is 12.1 Å². The van der Waals surface area contributed by atoms with Gasteiger partial charge in [0, 0.05) is 18.5 Å². The maximum Gasteiger partial charge on any atom is 0.275 e. The summed E-state index contributed by atoms with van der Waals surface area (Å²) in [5.74, 6) is -0.238. The maximum absolute atomic E-state index is 12.5. The number of aryl methyl sites for hydroxylation is 1. The predicted molar refractivity (Wildman–Crippen MR) is 90.6 cm³/mol. The van der Waals surface area contributed by atoms with Crippen LogP contribution in [-0.4, -0.2) is 53.6 Å². The van der Waals surface area contributed by atoms with Crippen molar-refractivity contribution in [3.05, 3.63) is 40.3 Å². The molecule has 3 rings (SSSR count). The van der Waals surface area contributed by atoms with Crippen LogP contribution in [0.4, 0.5) is 0 Å². The van der Waals surface area contributed by atoms with E-state index in [0.29, 0.717) is 17.5 Å². The van der Waals surface area contributed by atoms with Gasteiger partial charge in [-0.05, 0) is 19.4 Å². The van der Waals surface area contributed by atoms with Crippen LogP contribution in [0.15, 0.2) is 29.1 Å². The summed E-state index contributed by atoms with van der Waals surface area (Å²) in [5, 5.41) is 5.50. The summed E-state index contributed by atoms with van der Waals surface area (Å²) in [6, 6.07) is 6.80. The number of rotatable bonds is 3. The largest absolute Gasteiger partial charge is 0.340 e. The zero-order chi connectivity index (χ0) is 17.5. The molecule has 0 aliphatic carbocycles. The Kier molecular flexibility index (Phi) is 4.16. The molecule has 0 spiro atoms. The Morgan fingerprint density at radius 3 is 2.62 bits per heavy atom. The minimum atomic E-state index is -3.07. The standard InChI is InChI=1S/C16H19N3O4S/c1-11-13-5-3-4-6-14(13)16(21)19(17-11)9-15(20)18(2)12-7-8-24(22,23)10-12/h3-6,12H,7-10H2,1-2H3/t12-/m0/s1.